The summed E-state index contributed by atoms with van der Waals surface area (Å²) >= 11 is 0. The summed E-state index contributed by atoms with van der Waals surface area (Å²) < 4.78 is 5.26. The van der Waals surface area contributed by atoms with Crippen molar-refractivity contribution in [3.63, 3.8) is 0 Å². The Morgan fingerprint density at radius 2 is 1.05 bits per heavy atom. The van der Waals surface area contributed by atoms with Crippen LogP contribution in [0.4, 0.5) is 0 Å². The van der Waals surface area contributed by atoms with Gasteiger partial charge < -0.3 is 30.9 Å². The molecule has 0 saturated carbocycles. The number of nitrogens with one attached hydrogen (secondary N) is 3. The number of hydrogen-bond acceptors (Lipinski definition) is 13. The molecule has 3 unspecified atom stereocenters. The van der Waals surface area contributed by atoms with Gasteiger partial charge in [-0.1, -0.05) is 16.7 Å². The van der Waals surface area contributed by atoms with Gasteiger partial charge in [0, 0.05) is 98.6 Å². The number of ether oxygens (including phenoxy) is 1. The van der Waals surface area contributed by atoms with Crippen LogP contribution in [0.2, 0.25) is 0 Å². The smallest absolute Gasteiger partial charge is 0.328 e. The van der Waals surface area contributed by atoms with Crippen LogP contribution in [0.5, 0.6) is 0 Å². The molecule has 56 heavy (non-hydrogen) atoms. The molecule has 0 aromatic rings. The van der Waals surface area contributed by atoms with Crippen LogP contribution in [0.15, 0.2) is 34.9 Å². The Balaban J connectivity index is 0. The molecular formula is C35H56Fe2N6O13. The zero-order chi connectivity index (χ0) is 40.8. The number of piperazine rings is 1. The number of carbonyl (C=O) groups is 7. The van der Waals surface area contributed by atoms with E-state index in [0.717, 1.165) is 6.08 Å². The van der Waals surface area contributed by atoms with Crippen molar-refractivity contribution in [2.75, 3.05) is 39.5 Å². The number of nitrogens with zero attached hydrogens (tertiary/aromatic N) is 3. The Hall–Kier alpha value is -3.65. The van der Waals surface area contributed by atoms with Gasteiger partial charge >= 0.3 is 5.97 Å². The first-order valence-corrected chi connectivity index (χ1v) is 17.8. The van der Waals surface area contributed by atoms with Crippen molar-refractivity contribution >= 4 is 41.4 Å². The molecule has 0 aromatic heterocycles. The first-order valence-electron chi connectivity index (χ1n) is 17.8. The average molecular weight is 881 g/mol. The number of hydrogen-bond donors (Lipinski definition) is 8. The number of aliphatic hydroxyl groups is 2. The average Bonchev–Trinajstić information content (AvgIpc) is 3.09. The van der Waals surface area contributed by atoms with E-state index in [9.17, 15) is 49.2 Å². The van der Waals surface area contributed by atoms with Gasteiger partial charge in [0.15, 0.2) is 0 Å². The van der Waals surface area contributed by atoms with E-state index >= 15 is 0 Å². The van der Waals surface area contributed by atoms with Crippen LogP contribution < -0.4 is 16.0 Å². The fourth-order valence-corrected chi connectivity index (χ4v) is 5.08. The molecule has 1 aliphatic rings. The number of esters is 1. The fourth-order valence-electron chi connectivity index (χ4n) is 5.08. The monoisotopic (exact) mass is 880 g/mol. The number of amides is 6. The quantitative estimate of drug-likeness (QED) is 0.0209. The van der Waals surface area contributed by atoms with Gasteiger partial charge in [0.05, 0.1) is 6.61 Å². The summed E-state index contributed by atoms with van der Waals surface area (Å²) in [7, 11) is 0. The fraction of sp³-hybridized carbons (Fsp3) is 0.629. The van der Waals surface area contributed by atoms with E-state index in [2.05, 4.69) is 16.0 Å². The Bertz CT molecular complexity index is 1410. The molecule has 0 radical (unpaired) electrons. The molecule has 6 amide bonds. The van der Waals surface area contributed by atoms with Gasteiger partial charge in [-0.2, -0.15) is 0 Å². The SMILES string of the molecule is CC(=O)NC(CCCN(O)C(=O)/C=C(\C)CCO)C(=O)OCC/C(C)=C/C(=O)N(O)CCCC1NC(=O)C(CCCN(O)C(=O)/C=C(\C)CCO)NC1=O.[Fe].[Fe]. The molecule has 1 fully saturated rings. The van der Waals surface area contributed by atoms with E-state index in [1.54, 1.807) is 20.8 Å². The number of rotatable bonds is 24. The van der Waals surface area contributed by atoms with E-state index in [1.165, 1.54) is 19.1 Å². The van der Waals surface area contributed by atoms with Crippen molar-refractivity contribution in [1.82, 2.24) is 31.1 Å². The van der Waals surface area contributed by atoms with Gasteiger partial charge in [-0.15, -0.1) is 0 Å². The van der Waals surface area contributed by atoms with Crippen molar-refractivity contribution in [2.45, 2.75) is 104 Å². The molecule has 0 bridgehead atoms. The number of aliphatic hydroxyl groups excluding tert-OH is 2. The maximum absolute atomic E-state index is 12.6. The summed E-state index contributed by atoms with van der Waals surface area (Å²) in [6, 6.07) is -2.81. The molecule has 0 aromatic carbocycles. The van der Waals surface area contributed by atoms with Crippen molar-refractivity contribution < 1.29 is 98.3 Å². The van der Waals surface area contributed by atoms with Gasteiger partial charge in [-0.3, -0.25) is 44.4 Å². The molecular weight excluding hydrogens is 824 g/mol. The van der Waals surface area contributed by atoms with E-state index in [0.29, 0.717) is 38.3 Å². The molecule has 19 nitrogen and oxygen atoms in total. The second-order valence-corrected chi connectivity index (χ2v) is 13.0. The van der Waals surface area contributed by atoms with Gasteiger partial charge in [-0.05, 0) is 72.1 Å². The summed E-state index contributed by atoms with van der Waals surface area (Å²) in [6.45, 7) is 5.30. The number of carbonyl (C=O) groups excluding carboxylic acids is 7. The molecule has 1 aliphatic heterocycles. The molecule has 3 atom stereocenters. The predicted molar refractivity (Wildman–Crippen MR) is 190 cm³/mol. The van der Waals surface area contributed by atoms with E-state index in [-0.39, 0.29) is 125 Å². The summed E-state index contributed by atoms with van der Waals surface area (Å²) in [4.78, 5) is 85.9. The van der Waals surface area contributed by atoms with Crippen LogP contribution in [0, 0.1) is 0 Å². The molecule has 21 heteroatoms. The van der Waals surface area contributed by atoms with Crippen LogP contribution in [0.25, 0.3) is 0 Å². The molecule has 320 valence electrons. The molecule has 0 spiro atoms. The molecule has 0 aliphatic carbocycles. The van der Waals surface area contributed by atoms with E-state index in [1.807, 2.05) is 0 Å². The van der Waals surface area contributed by atoms with Crippen molar-refractivity contribution in [1.29, 1.82) is 0 Å². The zero-order valence-electron chi connectivity index (χ0n) is 32.1. The minimum atomic E-state index is -1.05. The van der Waals surface area contributed by atoms with E-state index < -0.39 is 59.5 Å². The summed E-state index contributed by atoms with van der Waals surface area (Å²) in [5.41, 5.74) is 1.64. The maximum atomic E-state index is 12.6. The minimum Gasteiger partial charge on any atom is -0.464 e. The zero-order valence-corrected chi connectivity index (χ0v) is 34.3. The molecule has 1 saturated heterocycles. The van der Waals surface area contributed by atoms with Gasteiger partial charge in [-0.25, -0.2) is 20.0 Å². The van der Waals surface area contributed by atoms with Crippen LogP contribution in [-0.4, -0.2) is 140 Å². The second-order valence-electron chi connectivity index (χ2n) is 13.0. The van der Waals surface area contributed by atoms with Gasteiger partial charge in [0.1, 0.15) is 18.1 Å². The van der Waals surface area contributed by atoms with Crippen molar-refractivity contribution in [2.24, 2.45) is 0 Å². The first-order chi connectivity index (χ1) is 25.5. The Kier molecular flexibility index (Phi) is 28.8. The van der Waals surface area contributed by atoms with Crippen molar-refractivity contribution in [3.8, 4) is 0 Å². The van der Waals surface area contributed by atoms with Crippen molar-refractivity contribution in [3.05, 3.63) is 34.9 Å². The Morgan fingerprint density at radius 3 is 1.43 bits per heavy atom. The first kappa shape index (κ1) is 54.4. The third-order valence-electron chi connectivity index (χ3n) is 8.14. The largest absolute Gasteiger partial charge is 0.464 e. The maximum Gasteiger partial charge on any atom is 0.328 e. The second kappa shape index (κ2) is 29.6. The summed E-state index contributed by atoms with van der Waals surface area (Å²) in [5, 5.41) is 57.0. The summed E-state index contributed by atoms with van der Waals surface area (Å²) in [5.74, 6) is -4.25. The minimum absolute atomic E-state index is 0. The van der Waals surface area contributed by atoms with Crippen LogP contribution in [0.1, 0.15) is 85.5 Å². The van der Waals surface area contributed by atoms with E-state index in [4.69, 9.17) is 14.9 Å². The molecule has 1 rings (SSSR count). The Morgan fingerprint density at radius 1 is 0.679 bits per heavy atom. The van der Waals surface area contributed by atoms with Gasteiger partial charge in [0.25, 0.3) is 17.7 Å². The molecule has 8 N–H and O–H groups in total. The Labute approximate surface area is 347 Å². The summed E-state index contributed by atoms with van der Waals surface area (Å²) in [6.07, 6.45) is 5.09. The van der Waals surface area contributed by atoms with Crippen LogP contribution in [-0.2, 0) is 72.4 Å². The van der Waals surface area contributed by atoms with Gasteiger partial charge in [0.2, 0.25) is 17.7 Å². The normalized spacial score (nSPS) is 16.3. The topological polar surface area (TPSA) is 276 Å². The molecule has 1 heterocycles. The third kappa shape index (κ3) is 22.2. The van der Waals surface area contributed by atoms with Crippen LogP contribution in [0.3, 0.4) is 0 Å². The number of hydroxylamine groups is 6. The van der Waals surface area contributed by atoms with Crippen LogP contribution >= 0.6 is 0 Å². The standard InChI is InChI=1S/C35H56N6O13.2Fe/c1-23(11-17-42)20-30(45)39(51)14-5-8-27-33(48)38-28(34(49)37-27)9-6-15-40(52)32(47)22-25(3)13-19-54-35(50)29(36-26(4)44)10-7-16-41(53)31(46)21-24(2)12-18-43;;/h20-22,27-29,42-43,51-53H,5-19H2,1-4H3,(H,36,44)(H,37,49)(H,38,48);;/b23-20+,24-21+,25-22+;;. The predicted octanol–water partition coefficient (Wildman–Crippen LogP) is 0.000300. The third-order valence-corrected chi connectivity index (χ3v) is 8.14.